The lowest BCUT2D eigenvalue weighted by Crippen LogP contribution is -2.08. The maximum absolute atomic E-state index is 9.35. The first kappa shape index (κ1) is 14.3. The Labute approximate surface area is 109 Å². The monoisotopic (exact) mass is 256 g/mol. The van der Waals surface area contributed by atoms with Crippen LogP contribution in [0.1, 0.15) is 49.3 Å². The number of aliphatic hydroxyl groups is 1. The van der Waals surface area contributed by atoms with Gasteiger partial charge in [0.25, 0.3) is 0 Å². The fourth-order valence-electron chi connectivity index (χ4n) is 2.11. The second-order valence-corrected chi connectivity index (χ2v) is 5.17. The van der Waals surface area contributed by atoms with Crippen molar-refractivity contribution in [2.45, 2.75) is 39.5 Å². The van der Waals surface area contributed by atoms with Crippen LogP contribution >= 0.6 is 11.6 Å². The van der Waals surface area contributed by atoms with Crippen molar-refractivity contribution in [2.75, 3.05) is 13.7 Å². The van der Waals surface area contributed by atoms with Crippen molar-refractivity contribution >= 4 is 11.6 Å². The first-order valence-electron chi connectivity index (χ1n) is 5.91. The van der Waals surface area contributed by atoms with E-state index in [9.17, 15) is 5.11 Å². The van der Waals surface area contributed by atoms with Crippen LogP contribution < -0.4 is 4.74 Å². The predicted molar refractivity (Wildman–Crippen MR) is 72.3 cm³/mol. The van der Waals surface area contributed by atoms with Crippen LogP contribution in [0.15, 0.2) is 6.07 Å². The molecule has 0 heterocycles. The average molecular weight is 257 g/mol. The fraction of sp³-hybridized carbons (Fsp3) is 0.571. The van der Waals surface area contributed by atoms with E-state index < -0.39 is 0 Å². The smallest absolute Gasteiger partial charge is 0.126 e. The number of hydrogen-bond acceptors (Lipinski definition) is 2. The summed E-state index contributed by atoms with van der Waals surface area (Å²) in [5, 5.41) is 10.1. The summed E-state index contributed by atoms with van der Waals surface area (Å²) >= 11 is 6.26. The number of aliphatic hydroxyl groups excluding tert-OH is 1. The average Bonchev–Trinajstić information content (AvgIpc) is 2.30. The molecule has 0 aliphatic rings. The van der Waals surface area contributed by atoms with E-state index in [4.69, 9.17) is 16.3 Å². The van der Waals surface area contributed by atoms with Crippen LogP contribution in [0.3, 0.4) is 0 Å². The second kappa shape index (κ2) is 5.74. The number of benzene rings is 1. The number of rotatable bonds is 4. The van der Waals surface area contributed by atoms with E-state index in [0.29, 0.717) is 5.92 Å². The van der Waals surface area contributed by atoms with Gasteiger partial charge in [0.05, 0.1) is 7.11 Å². The number of ether oxygens (including phenoxy) is 1. The van der Waals surface area contributed by atoms with Crippen molar-refractivity contribution < 1.29 is 9.84 Å². The highest BCUT2D eigenvalue weighted by atomic mass is 35.5. The highest BCUT2D eigenvalue weighted by Gasteiger charge is 2.21. The lowest BCUT2D eigenvalue weighted by molar-refractivity contribution is 0.269. The highest BCUT2D eigenvalue weighted by molar-refractivity contribution is 6.31. The first-order chi connectivity index (χ1) is 7.93. The van der Waals surface area contributed by atoms with Crippen LogP contribution in [0, 0.1) is 6.92 Å². The molecule has 96 valence electrons. The standard InChI is InChI=1S/C14H21ClO2/c1-8(2)11-6-12(15)10(4)13(9(3)7-16)14(11)17-5/h6,8-9,16H,7H2,1-5H3. The van der Waals surface area contributed by atoms with Crippen molar-refractivity contribution in [3.63, 3.8) is 0 Å². The van der Waals surface area contributed by atoms with Crippen LogP contribution in [-0.2, 0) is 0 Å². The summed E-state index contributed by atoms with van der Waals surface area (Å²) in [5.74, 6) is 1.23. The lowest BCUT2D eigenvalue weighted by Gasteiger charge is -2.22. The first-order valence-corrected chi connectivity index (χ1v) is 6.29. The van der Waals surface area contributed by atoms with Crippen LogP contribution in [0.4, 0.5) is 0 Å². The predicted octanol–water partition coefficient (Wildman–Crippen LogP) is 3.88. The molecule has 1 aromatic carbocycles. The maximum atomic E-state index is 9.35. The molecule has 1 atom stereocenters. The van der Waals surface area contributed by atoms with Gasteiger partial charge in [-0.25, -0.2) is 0 Å². The van der Waals surface area contributed by atoms with E-state index in [-0.39, 0.29) is 12.5 Å². The molecule has 0 aromatic heterocycles. The topological polar surface area (TPSA) is 29.5 Å². The van der Waals surface area contributed by atoms with Crippen molar-refractivity contribution in [3.05, 3.63) is 27.8 Å². The molecule has 3 heteroatoms. The fourth-order valence-corrected chi connectivity index (χ4v) is 2.33. The van der Waals surface area contributed by atoms with Crippen molar-refractivity contribution in [3.8, 4) is 5.75 Å². The molecular formula is C14H21ClO2. The van der Waals surface area contributed by atoms with Gasteiger partial charge in [-0.3, -0.25) is 0 Å². The minimum absolute atomic E-state index is 0.0288. The summed E-state index contributed by atoms with van der Waals surface area (Å²) in [7, 11) is 1.67. The van der Waals surface area contributed by atoms with Crippen molar-refractivity contribution in [1.29, 1.82) is 0 Å². The number of hydrogen-bond donors (Lipinski definition) is 1. The Morgan fingerprint density at radius 2 is 1.94 bits per heavy atom. The normalized spacial score (nSPS) is 12.9. The van der Waals surface area contributed by atoms with E-state index in [1.54, 1.807) is 7.11 Å². The van der Waals surface area contributed by atoms with Crippen LogP contribution in [0.2, 0.25) is 5.02 Å². The minimum Gasteiger partial charge on any atom is -0.496 e. The van der Waals surface area contributed by atoms with Crippen molar-refractivity contribution in [2.24, 2.45) is 0 Å². The van der Waals surface area contributed by atoms with Crippen LogP contribution in [0.5, 0.6) is 5.75 Å². The summed E-state index contributed by atoms with van der Waals surface area (Å²) in [5.41, 5.74) is 3.11. The van der Waals surface area contributed by atoms with Gasteiger partial charge >= 0.3 is 0 Å². The molecule has 1 aromatic rings. The summed E-state index contributed by atoms with van der Waals surface area (Å²) in [6.45, 7) is 8.25. The maximum Gasteiger partial charge on any atom is 0.126 e. The van der Waals surface area contributed by atoms with Crippen molar-refractivity contribution in [1.82, 2.24) is 0 Å². The zero-order valence-electron chi connectivity index (χ0n) is 11.2. The minimum atomic E-state index is 0.0288. The van der Waals surface area contributed by atoms with Gasteiger partial charge in [-0.05, 0) is 30.0 Å². The van der Waals surface area contributed by atoms with Gasteiger partial charge in [-0.15, -0.1) is 0 Å². The zero-order chi connectivity index (χ0) is 13.2. The van der Waals surface area contributed by atoms with Gasteiger partial charge in [-0.1, -0.05) is 32.4 Å². The molecule has 0 aliphatic carbocycles. The lowest BCUT2D eigenvalue weighted by atomic mass is 9.90. The largest absolute Gasteiger partial charge is 0.496 e. The Hall–Kier alpha value is -0.730. The molecule has 0 aliphatic heterocycles. The van der Waals surface area contributed by atoms with Gasteiger partial charge in [0.1, 0.15) is 5.75 Å². The Kier molecular flexibility index (Phi) is 4.84. The Bertz CT molecular complexity index is 400. The van der Waals surface area contributed by atoms with Crippen LogP contribution in [0.25, 0.3) is 0 Å². The summed E-state index contributed by atoms with van der Waals surface area (Å²) < 4.78 is 5.53. The summed E-state index contributed by atoms with van der Waals surface area (Å²) in [6, 6.07) is 1.97. The van der Waals surface area contributed by atoms with E-state index in [2.05, 4.69) is 13.8 Å². The van der Waals surface area contributed by atoms with Gasteiger partial charge in [0, 0.05) is 23.1 Å². The third kappa shape index (κ3) is 2.75. The van der Waals surface area contributed by atoms with E-state index in [0.717, 1.165) is 27.5 Å². The molecule has 2 nitrogen and oxygen atoms in total. The number of halogens is 1. The Balaban J connectivity index is 3.53. The quantitative estimate of drug-likeness (QED) is 0.886. The molecule has 0 amide bonds. The highest BCUT2D eigenvalue weighted by Crippen LogP contribution is 2.40. The summed E-state index contributed by atoms with van der Waals surface area (Å²) in [6.07, 6.45) is 0. The van der Waals surface area contributed by atoms with E-state index >= 15 is 0 Å². The van der Waals surface area contributed by atoms with Gasteiger partial charge in [0.15, 0.2) is 0 Å². The third-order valence-electron chi connectivity index (χ3n) is 3.14. The molecular weight excluding hydrogens is 236 g/mol. The third-order valence-corrected chi connectivity index (χ3v) is 3.54. The molecule has 1 N–H and O–H groups in total. The van der Waals surface area contributed by atoms with Crippen LogP contribution in [-0.4, -0.2) is 18.8 Å². The molecule has 17 heavy (non-hydrogen) atoms. The molecule has 0 spiro atoms. The molecule has 0 saturated heterocycles. The second-order valence-electron chi connectivity index (χ2n) is 4.76. The summed E-state index contributed by atoms with van der Waals surface area (Å²) in [4.78, 5) is 0. The molecule has 0 saturated carbocycles. The van der Waals surface area contributed by atoms with E-state index in [1.165, 1.54) is 0 Å². The molecule has 0 fully saturated rings. The molecule has 1 rings (SSSR count). The van der Waals surface area contributed by atoms with Gasteiger partial charge in [-0.2, -0.15) is 0 Å². The molecule has 1 unspecified atom stereocenters. The number of methoxy groups -OCH3 is 1. The molecule has 0 bridgehead atoms. The van der Waals surface area contributed by atoms with Gasteiger partial charge in [0.2, 0.25) is 0 Å². The molecule has 0 radical (unpaired) electrons. The SMILES string of the molecule is COc1c(C(C)C)cc(Cl)c(C)c1C(C)CO. The zero-order valence-corrected chi connectivity index (χ0v) is 11.9. The Morgan fingerprint density at radius 1 is 1.35 bits per heavy atom. The van der Waals surface area contributed by atoms with Gasteiger partial charge < -0.3 is 9.84 Å². The Morgan fingerprint density at radius 3 is 2.35 bits per heavy atom. The van der Waals surface area contributed by atoms with E-state index in [1.807, 2.05) is 19.9 Å².